The normalized spacial score (nSPS) is 20.6. The second-order valence-electron chi connectivity index (χ2n) is 9.30. The van der Waals surface area contributed by atoms with Gasteiger partial charge in [0.25, 0.3) is 5.91 Å². The van der Waals surface area contributed by atoms with Crippen LogP contribution in [0, 0.1) is 5.92 Å². The van der Waals surface area contributed by atoms with Crippen LogP contribution in [-0.4, -0.2) is 53.7 Å². The van der Waals surface area contributed by atoms with Crippen molar-refractivity contribution < 1.29 is 14.3 Å². The monoisotopic (exact) mass is 469 g/mol. The van der Waals surface area contributed by atoms with Gasteiger partial charge in [0.2, 0.25) is 0 Å². The molecule has 1 amide bonds. The van der Waals surface area contributed by atoms with Crippen molar-refractivity contribution in [3.05, 3.63) is 83.9 Å². The van der Waals surface area contributed by atoms with E-state index in [0.29, 0.717) is 19.6 Å². The van der Waals surface area contributed by atoms with Crippen LogP contribution in [0.5, 0.6) is 0 Å². The Hall–Kier alpha value is -3.51. The van der Waals surface area contributed by atoms with Crippen molar-refractivity contribution in [2.45, 2.75) is 32.2 Å². The molecule has 3 aromatic rings. The van der Waals surface area contributed by atoms with E-state index in [9.17, 15) is 9.59 Å². The van der Waals surface area contributed by atoms with Gasteiger partial charge in [0, 0.05) is 13.0 Å². The molecule has 0 saturated carbocycles. The van der Waals surface area contributed by atoms with Gasteiger partial charge in [0.05, 0.1) is 30.8 Å². The molecule has 6 heteroatoms. The predicted octanol–water partition coefficient (Wildman–Crippen LogP) is 4.79. The van der Waals surface area contributed by atoms with Crippen LogP contribution in [0.1, 0.15) is 43.4 Å². The molecule has 2 heterocycles. The molecule has 0 aromatic heterocycles. The molecule has 5 rings (SSSR count). The van der Waals surface area contributed by atoms with E-state index in [0.717, 1.165) is 41.6 Å². The van der Waals surface area contributed by atoms with Gasteiger partial charge in [-0.05, 0) is 54.3 Å². The second-order valence-corrected chi connectivity index (χ2v) is 9.30. The van der Waals surface area contributed by atoms with Crippen molar-refractivity contribution >= 4 is 28.4 Å². The number of piperidine rings is 1. The van der Waals surface area contributed by atoms with Crippen molar-refractivity contribution in [2.24, 2.45) is 11.0 Å². The van der Waals surface area contributed by atoms with Crippen LogP contribution in [0.3, 0.4) is 0 Å². The SMILES string of the molecule is CCOC(=O)[C@@H]1CCCN(CC(=O)N2N=C(c3ccc4ccccc4c3)C[C@@H]2c2ccccc2)C1. The standard InChI is InChI=1S/C29H31N3O3/c1-2-35-29(34)25-13-8-16-31(19-25)20-28(33)32-27(22-10-4-3-5-11-22)18-26(30-32)24-15-14-21-9-6-7-12-23(21)17-24/h3-7,9-12,14-15,17,25,27H,2,8,13,16,18-20H2,1H3/t25-,27-/m1/s1. The number of ether oxygens (including phenoxy) is 1. The number of fused-ring (bicyclic) bond motifs is 1. The molecule has 0 unspecified atom stereocenters. The van der Waals surface area contributed by atoms with E-state index in [4.69, 9.17) is 9.84 Å². The minimum atomic E-state index is -0.170. The van der Waals surface area contributed by atoms with Crippen molar-refractivity contribution in [1.29, 1.82) is 0 Å². The highest BCUT2D eigenvalue weighted by Crippen LogP contribution is 2.33. The lowest BCUT2D eigenvalue weighted by Gasteiger charge is -2.32. The zero-order valence-corrected chi connectivity index (χ0v) is 20.1. The third-order valence-electron chi connectivity index (χ3n) is 6.92. The topological polar surface area (TPSA) is 62.2 Å². The number of carbonyl (C=O) groups is 2. The fourth-order valence-electron chi connectivity index (χ4n) is 5.13. The third kappa shape index (κ3) is 5.13. The van der Waals surface area contributed by atoms with E-state index in [2.05, 4.69) is 47.4 Å². The molecule has 3 aromatic carbocycles. The molecule has 1 fully saturated rings. The minimum Gasteiger partial charge on any atom is -0.466 e. The van der Waals surface area contributed by atoms with Crippen molar-refractivity contribution in [2.75, 3.05) is 26.2 Å². The van der Waals surface area contributed by atoms with E-state index in [1.165, 1.54) is 5.39 Å². The summed E-state index contributed by atoms with van der Waals surface area (Å²) in [6.45, 7) is 3.80. The maximum Gasteiger partial charge on any atom is 0.310 e. The van der Waals surface area contributed by atoms with Crippen LogP contribution in [0.4, 0.5) is 0 Å². The number of esters is 1. The lowest BCUT2D eigenvalue weighted by atomic mass is 9.96. The fourth-order valence-corrected chi connectivity index (χ4v) is 5.13. The van der Waals surface area contributed by atoms with Crippen LogP contribution < -0.4 is 0 Å². The Morgan fingerprint density at radius 2 is 1.77 bits per heavy atom. The highest BCUT2D eigenvalue weighted by molar-refractivity contribution is 6.05. The number of rotatable bonds is 6. The summed E-state index contributed by atoms with van der Waals surface area (Å²) in [5.41, 5.74) is 3.03. The van der Waals surface area contributed by atoms with Gasteiger partial charge < -0.3 is 4.74 Å². The van der Waals surface area contributed by atoms with Crippen LogP contribution in [0.2, 0.25) is 0 Å². The van der Waals surface area contributed by atoms with Gasteiger partial charge in [-0.3, -0.25) is 14.5 Å². The van der Waals surface area contributed by atoms with E-state index in [-0.39, 0.29) is 30.4 Å². The van der Waals surface area contributed by atoms with Gasteiger partial charge in [0.1, 0.15) is 0 Å². The molecule has 2 atom stereocenters. The predicted molar refractivity (Wildman–Crippen MR) is 137 cm³/mol. The largest absolute Gasteiger partial charge is 0.466 e. The Morgan fingerprint density at radius 1 is 1.00 bits per heavy atom. The van der Waals surface area contributed by atoms with Crippen LogP contribution in [0.25, 0.3) is 10.8 Å². The summed E-state index contributed by atoms with van der Waals surface area (Å²) in [4.78, 5) is 27.9. The number of hydrogen-bond donors (Lipinski definition) is 0. The molecule has 0 aliphatic carbocycles. The van der Waals surface area contributed by atoms with E-state index in [1.807, 2.05) is 37.3 Å². The first-order valence-corrected chi connectivity index (χ1v) is 12.4. The average Bonchev–Trinajstić information content (AvgIpc) is 3.35. The summed E-state index contributed by atoms with van der Waals surface area (Å²) in [7, 11) is 0. The van der Waals surface area contributed by atoms with Crippen LogP contribution in [-0.2, 0) is 14.3 Å². The summed E-state index contributed by atoms with van der Waals surface area (Å²) < 4.78 is 5.22. The highest BCUT2D eigenvalue weighted by atomic mass is 16.5. The maximum absolute atomic E-state index is 13.5. The highest BCUT2D eigenvalue weighted by Gasteiger charge is 2.35. The lowest BCUT2D eigenvalue weighted by molar-refractivity contribution is -0.150. The quantitative estimate of drug-likeness (QED) is 0.487. The van der Waals surface area contributed by atoms with E-state index < -0.39 is 0 Å². The van der Waals surface area contributed by atoms with E-state index >= 15 is 0 Å². The number of carbonyl (C=O) groups excluding carboxylic acids is 2. The van der Waals surface area contributed by atoms with Crippen molar-refractivity contribution in [3.63, 3.8) is 0 Å². The molecule has 180 valence electrons. The summed E-state index contributed by atoms with van der Waals surface area (Å²) in [5, 5.41) is 8.86. The van der Waals surface area contributed by atoms with E-state index in [1.54, 1.807) is 5.01 Å². The van der Waals surface area contributed by atoms with Crippen LogP contribution >= 0.6 is 0 Å². The molecule has 2 aliphatic heterocycles. The number of likely N-dealkylation sites (tertiary alicyclic amines) is 1. The summed E-state index contributed by atoms with van der Waals surface area (Å²) in [5.74, 6) is -0.375. The second kappa shape index (κ2) is 10.4. The Morgan fingerprint density at radius 3 is 2.57 bits per heavy atom. The smallest absolute Gasteiger partial charge is 0.310 e. The first-order chi connectivity index (χ1) is 17.1. The van der Waals surface area contributed by atoms with Crippen molar-refractivity contribution in [3.8, 4) is 0 Å². The number of amides is 1. The number of nitrogens with zero attached hydrogens (tertiary/aromatic N) is 3. The van der Waals surface area contributed by atoms with Gasteiger partial charge in [-0.2, -0.15) is 5.10 Å². The van der Waals surface area contributed by atoms with Gasteiger partial charge in [0.15, 0.2) is 0 Å². The molecule has 0 spiro atoms. The molecule has 1 saturated heterocycles. The first-order valence-electron chi connectivity index (χ1n) is 12.4. The summed E-state index contributed by atoms with van der Waals surface area (Å²) in [6.07, 6.45) is 2.36. The van der Waals surface area contributed by atoms with Gasteiger partial charge >= 0.3 is 5.97 Å². The zero-order chi connectivity index (χ0) is 24.2. The fraction of sp³-hybridized carbons (Fsp3) is 0.345. The molecular formula is C29H31N3O3. The molecular weight excluding hydrogens is 438 g/mol. The number of hydrazone groups is 1. The summed E-state index contributed by atoms with van der Waals surface area (Å²) >= 11 is 0. The minimum absolute atomic E-state index is 0.0425. The number of benzene rings is 3. The average molecular weight is 470 g/mol. The van der Waals surface area contributed by atoms with Gasteiger partial charge in [-0.1, -0.05) is 66.7 Å². The Kier molecular flexibility index (Phi) is 6.91. The van der Waals surface area contributed by atoms with Gasteiger partial charge in [-0.25, -0.2) is 5.01 Å². The Labute approximate surface area is 206 Å². The third-order valence-corrected chi connectivity index (χ3v) is 6.92. The first kappa shape index (κ1) is 23.2. The molecule has 0 radical (unpaired) electrons. The molecule has 0 bridgehead atoms. The van der Waals surface area contributed by atoms with Gasteiger partial charge in [-0.15, -0.1) is 0 Å². The molecule has 0 N–H and O–H groups in total. The molecule has 35 heavy (non-hydrogen) atoms. The molecule has 2 aliphatic rings. The zero-order valence-electron chi connectivity index (χ0n) is 20.1. The Balaban J connectivity index is 1.38. The van der Waals surface area contributed by atoms with Crippen LogP contribution in [0.15, 0.2) is 77.9 Å². The summed E-state index contributed by atoms with van der Waals surface area (Å²) in [6, 6.07) is 24.6. The lowest BCUT2D eigenvalue weighted by Crippen LogP contribution is -2.44. The maximum atomic E-state index is 13.5. The Bertz CT molecular complexity index is 1240. The van der Waals surface area contributed by atoms with Crippen molar-refractivity contribution in [1.82, 2.24) is 9.91 Å². The number of hydrogen-bond acceptors (Lipinski definition) is 5. The molecule has 6 nitrogen and oxygen atoms in total.